The molecule has 0 bridgehead atoms. The van der Waals surface area contributed by atoms with E-state index in [1.807, 2.05) is 6.07 Å². The van der Waals surface area contributed by atoms with E-state index in [1.54, 1.807) is 32.9 Å². The first-order valence-electron chi connectivity index (χ1n) is 10.1. The molecule has 9 heteroatoms. The van der Waals surface area contributed by atoms with Crippen LogP contribution >= 0.6 is 0 Å². The molecule has 1 saturated heterocycles. The minimum absolute atomic E-state index is 0.230. The van der Waals surface area contributed by atoms with Crippen molar-refractivity contribution in [1.82, 2.24) is 4.98 Å². The maximum atomic E-state index is 13.0. The van der Waals surface area contributed by atoms with Gasteiger partial charge in [-0.2, -0.15) is 0 Å². The van der Waals surface area contributed by atoms with E-state index in [-0.39, 0.29) is 17.9 Å². The van der Waals surface area contributed by atoms with E-state index in [9.17, 15) is 14.4 Å². The van der Waals surface area contributed by atoms with Gasteiger partial charge in [0.1, 0.15) is 5.69 Å². The van der Waals surface area contributed by atoms with Crippen molar-refractivity contribution in [2.75, 3.05) is 50.2 Å². The molecule has 2 heterocycles. The average Bonchev–Trinajstić information content (AvgIpc) is 3.08. The van der Waals surface area contributed by atoms with Gasteiger partial charge in [0.05, 0.1) is 43.7 Å². The molecule has 0 saturated carbocycles. The Morgan fingerprint density at radius 2 is 1.87 bits per heavy atom. The molecule has 2 N–H and O–H groups in total. The number of nitrogens with one attached hydrogen (secondary N) is 2. The molecule has 0 unspecified atom stereocenters. The molecule has 0 aliphatic carbocycles. The van der Waals surface area contributed by atoms with Crippen LogP contribution in [0.15, 0.2) is 18.2 Å². The summed E-state index contributed by atoms with van der Waals surface area (Å²) in [5, 5.41) is 2.76. The first kappa shape index (κ1) is 22.4. The van der Waals surface area contributed by atoms with Crippen molar-refractivity contribution in [3.8, 4) is 0 Å². The third kappa shape index (κ3) is 4.72. The first-order valence-corrected chi connectivity index (χ1v) is 10.1. The summed E-state index contributed by atoms with van der Waals surface area (Å²) in [5.74, 6) is -1.52. The number of carbonyl (C=O) groups is 3. The van der Waals surface area contributed by atoms with Crippen LogP contribution in [-0.4, -0.2) is 62.8 Å². The second-order valence-corrected chi connectivity index (χ2v) is 7.12. The average molecular weight is 429 g/mol. The third-order valence-electron chi connectivity index (χ3n) is 5.18. The summed E-state index contributed by atoms with van der Waals surface area (Å²) in [6.07, 6.45) is 0. The van der Waals surface area contributed by atoms with Crippen molar-refractivity contribution in [2.24, 2.45) is 0 Å². The van der Waals surface area contributed by atoms with Gasteiger partial charge in [-0.3, -0.25) is 4.79 Å². The monoisotopic (exact) mass is 429 g/mol. The van der Waals surface area contributed by atoms with E-state index in [0.717, 1.165) is 5.69 Å². The van der Waals surface area contributed by atoms with Gasteiger partial charge in [0, 0.05) is 24.5 Å². The molecule has 1 amide bonds. The van der Waals surface area contributed by atoms with E-state index in [0.29, 0.717) is 48.8 Å². The number of hydrogen-bond donors (Lipinski definition) is 2. The highest BCUT2D eigenvalue weighted by Gasteiger charge is 2.24. The number of esters is 2. The highest BCUT2D eigenvalue weighted by molar-refractivity contribution is 6.09. The van der Waals surface area contributed by atoms with Gasteiger partial charge in [-0.05, 0) is 44.5 Å². The second kappa shape index (κ2) is 9.65. The van der Waals surface area contributed by atoms with Gasteiger partial charge in [0.2, 0.25) is 0 Å². The van der Waals surface area contributed by atoms with Gasteiger partial charge in [-0.1, -0.05) is 0 Å². The molecular formula is C22H27N3O6. The number of carbonyl (C=O) groups excluding carboxylic acids is 3. The number of ether oxygens (including phenoxy) is 3. The number of rotatable bonds is 6. The number of aryl methyl sites for hydroxylation is 1. The van der Waals surface area contributed by atoms with E-state index in [2.05, 4.69) is 15.2 Å². The zero-order valence-electron chi connectivity index (χ0n) is 18.2. The summed E-state index contributed by atoms with van der Waals surface area (Å²) in [7, 11) is 1.29. The minimum Gasteiger partial charge on any atom is -0.465 e. The number of aromatic nitrogens is 1. The Morgan fingerprint density at radius 3 is 2.52 bits per heavy atom. The lowest BCUT2D eigenvalue weighted by Crippen LogP contribution is -2.36. The molecule has 1 aromatic heterocycles. The number of hydrogen-bond acceptors (Lipinski definition) is 7. The SMILES string of the molecule is CCOC(=O)c1c(C)[nH]c(C(=O)Nc2ccc(N3CCOCC3)cc2C(=O)OC)c1C. The Balaban J connectivity index is 1.89. The van der Waals surface area contributed by atoms with Crippen molar-refractivity contribution in [3.63, 3.8) is 0 Å². The van der Waals surface area contributed by atoms with Gasteiger partial charge in [-0.25, -0.2) is 9.59 Å². The van der Waals surface area contributed by atoms with E-state index >= 15 is 0 Å². The highest BCUT2D eigenvalue weighted by atomic mass is 16.5. The maximum absolute atomic E-state index is 13.0. The molecule has 3 rings (SSSR count). The number of aromatic amines is 1. The van der Waals surface area contributed by atoms with Crippen LogP contribution in [0.2, 0.25) is 0 Å². The van der Waals surface area contributed by atoms with E-state index in [4.69, 9.17) is 14.2 Å². The fourth-order valence-electron chi connectivity index (χ4n) is 3.61. The van der Waals surface area contributed by atoms with Crippen molar-refractivity contribution in [2.45, 2.75) is 20.8 Å². The molecule has 1 aromatic carbocycles. The molecular weight excluding hydrogens is 402 g/mol. The standard InChI is InChI=1S/C22H27N3O6/c1-5-31-22(28)18-13(2)19(23-14(18)3)20(26)24-17-7-6-15(12-16(17)21(27)29-4)25-8-10-30-11-9-25/h6-7,12,23H,5,8-11H2,1-4H3,(H,24,26). The molecule has 1 aliphatic rings. The Kier molecular flexibility index (Phi) is 6.96. The topological polar surface area (TPSA) is 110 Å². The van der Waals surface area contributed by atoms with Gasteiger partial charge in [-0.15, -0.1) is 0 Å². The molecule has 0 spiro atoms. The lowest BCUT2D eigenvalue weighted by molar-refractivity contribution is 0.0524. The molecule has 31 heavy (non-hydrogen) atoms. The highest BCUT2D eigenvalue weighted by Crippen LogP contribution is 2.26. The predicted molar refractivity (Wildman–Crippen MR) is 115 cm³/mol. The number of amides is 1. The van der Waals surface area contributed by atoms with Crippen LogP contribution < -0.4 is 10.2 Å². The normalized spacial score (nSPS) is 13.6. The van der Waals surface area contributed by atoms with Gasteiger partial charge < -0.3 is 29.4 Å². The molecule has 0 radical (unpaired) electrons. The lowest BCUT2D eigenvalue weighted by atomic mass is 10.1. The van der Waals surface area contributed by atoms with Crippen LogP contribution in [0.1, 0.15) is 49.4 Å². The summed E-state index contributed by atoms with van der Waals surface area (Å²) in [6, 6.07) is 5.21. The van der Waals surface area contributed by atoms with Crippen molar-refractivity contribution >= 4 is 29.2 Å². The van der Waals surface area contributed by atoms with Crippen LogP contribution in [0.5, 0.6) is 0 Å². The van der Waals surface area contributed by atoms with Crippen molar-refractivity contribution in [3.05, 3.63) is 46.3 Å². The number of methoxy groups -OCH3 is 1. The first-order chi connectivity index (χ1) is 14.9. The van der Waals surface area contributed by atoms with Crippen LogP contribution in [0.3, 0.4) is 0 Å². The van der Waals surface area contributed by atoms with Crippen LogP contribution in [-0.2, 0) is 14.2 Å². The molecule has 2 aromatic rings. The quantitative estimate of drug-likeness (QED) is 0.680. The smallest absolute Gasteiger partial charge is 0.340 e. The Hall–Kier alpha value is -3.33. The van der Waals surface area contributed by atoms with Crippen molar-refractivity contribution < 1.29 is 28.6 Å². The number of benzene rings is 1. The van der Waals surface area contributed by atoms with E-state index < -0.39 is 17.8 Å². The largest absolute Gasteiger partial charge is 0.465 e. The molecule has 166 valence electrons. The minimum atomic E-state index is -0.558. The van der Waals surface area contributed by atoms with Crippen molar-refractivity contribution in [1.29, 1.82) is 0 Å². The zero-order chi connectivity index (χ0) is 22.5. The molecule has 9 nitrogen and oxygen atoms in total. The van der Waals surface area contributed by atoms with Crippen LogP contribution in [0, 0.1) is 13.8 Å². The number of nitrogens with zero attached hydrogens (tertiary/aromatic N) is 1. The number of anilines is 2. The Bertz CT molecular complexity index is 991. The van der Waals surface area contributed by atoms with Gasteiger partial charge in [0.15, 0.2) is 0 Å². The second-order valence-electron chi connectivity index (χ2n) is 7.12. The van der Waals surface area contributed by atoms with Gasteiger partial charge in [0.25, 0.3) is 5.91 Å². The molecule has 1 aliphatic heterocycles. The summed E-state index contributed by atoms with van der Waals surface area (Å²) >= 11 is 0. The van der Waals surface area contributed by atoms with Crippen LogP contribution in [0.25, 0.3) is 0 Å². The number of H-pyrrole nitrogens is 1. The molecule has 1 fully saturated rings. The van der Waals surface area contributed by atoms with Crippen LogP contribution in [0.4, 0.5) is 11.4 Å². The molecule has 0 atom stereocenters. The summed E-state index contributed by atoms with van der Waals surface area (Å²) in [4.78, 5) is 42.6. The summed E-state index contributed by atoms with van der Waals surface area (Å²) in [6.45, 7) is 7.98. The van der Waals surface area contributed by atoms with Gasteiger partial charge >= 0.3 is 11.9 Å². The Morgan fingerprint density at radius 1 is 1.16 bits per heavy atom. The fraction of sp³-hybridized carbons (Fsp3) is 0.409. The summed E-state index contributed by atoms with van der Waals surface area (Å²) in [5.41, 5.74) is 2.99. The number of morpholine rings is 1. The maximum Gasteiger partial charge on any atom is 0.340 e. The third-order valence-corrected chi connectivity index (χ3v) is 5.18. The zero-order valence-corrected chi connectivity index (χ0v) is 18.2. The predicted octanol–water partition coefficient (Wildman–Crippen LogP) is 2.68. The lowest BCUT2D eigenvalue weighted by Gasteiger charge is -2.29. The van der Waals surface area contributed by atoms with E-state index in [1.165, 1.54) is 7.11 Å². The fourth-order valence-corrected chi connectivity index (χ4v) is 3.61. The Labute approximate surface area is 180 Å². The summed E-state index contributed by atoms with van der Waals surface area (Å²) < 4.78 is 15.4.